The van der Waals surface area contributed by atoms with E-state index in [4.69, 9.17) is 0 Å². The van der Waals surface area contributed by atoms with Crippen molar-refractivity contribution in [1.29, 1.82) is 0 Å². The second-order valence-electron chi connectivity index (χ2n) is 5.20. The highest BCUT2D eigenvalue weighted by atomic mass is 16.3. The lowest BCUT2D eigenvalue weighted by atomic mass is 10.0. The summed E-state index contributed by atoms with van der Waals surface area (Å²) in [5.74, 6) is 0.431. The summed E-state index contributed by atoms with van der Waals surface area (Å²) in [7, 11) is 0. The van der Waals surface area contributed by atoms with Crippen molar-refractivity contribution in [3.63, 3.8) is 0 Å². The average molecular weight is 280 g/mol. The number of aliphatic hydroxyl groups excluding tert-OH is 1. The number of benzene rings is 1. The Hall–Kier alpha value is -1.75. The van der Waals surface area contributed by atoms with Gasteiger partial charge < -0.3 is 20.8 Å². The van der Waals surface area contributed by atoms with Gasteiger partial charge in [0.2, 0.25) is 0 Å². The normalized spacial score (nSPS) is 12.2. The summed E-state index contributed by atoms with van der Waals surface area (Å²) in [5, 5.41) is 24.4. The second kappa shape index (κ2) is 8.43. The van der Waals surface area contributed by atoms with Gasteiger partial charge in [0, 0.05) is 13.1 Å². The lowest BCUT2D eigenvalue weighted by Gasteiger charge is -2.14. The van der Waals surface area contributed by atoms with Gasteiger partial charge in [-0.25, -0.2) is 4.79 Å². The monoisotopic (exact) mass is 280 g/mol. The number of carbonyl (C=O) groups is 1. The third-order valence-electron chi connectivity index (χ3n) is 3.11. The molecule has 0 fully saturated rings. The molecule has 20 heavy (non-hydrogen) atoms. The highest BCUT2D eigenvalue weighted by Crippen LogP contribution is 2.10. The SMILES string of the molecule is CC(C)C(O)CCNC(=O)NCCc1cccc(O)c1. The number of nitrogens with one attached hydrogen (secondary N) is 2. The van der Waals surface area contributed by atoms with Crippen LogP contribution in [0.15, 0.2) is 24.3 Å². The van der Waals surface area contributed by atoms with Gasteiger partial charge in [-0.3, -0.25) is 0 Å². The topological polar surface area (TPSA) is 81.6 Å². The Morgan fingerprint density at radius 3 is 2.60 bits per heavy atom. The minimum Gasteiger partial charge on any atom is -0.508 e. The molecule has 1 unspecified atom stereocenters. The smallest absolute Gasteiger partial charge is 0.314 e. The molecule has 1 atom stereocenters. The lowest BCUT2D eigenvalue weighted by Crippen LogP contribution is -2.38. The molecular weight excluding hydrogens is 256 g/mol. The van der Waals surface area contributed by atoms with Crippen LogP contribution in [0.5, 0.6) is 5.75 Å². The molecule has 0 saturated carbocycles. The zero-order chi connectivity index (χ0) is 15.0. The highest BCUT2D eigenvalue weighted by molar-refractivity contribution is 5.73. The van der Waals surface area contributed by atoms with Crippen LogP contribution < -0.4 is 10.6 Å². The van der Waals surface area contributed by atoms with Gasteiger partial charge in [-0.2, -0.15) is 0 Å². The van der Waals surface area contributed by atoms with E-state index in [-0.39, 0.29) is 23.8 Å². The molecule has 4 N–H and O–H groups in total. The Balaban J connectivity index is 2.14. The maximum absolute atomic E-state index is 11.5. The fraction of sp³-hybridized carbons (Fsp3) is 0.533. The molecule has 5 nitrogen and oxygen atoms in total. The number of phenols is 1. The predicted molar refractivity (Wildman–Crippen MR) is 78.7 cm³/mol. The first-order chi connectivity index (χ1) is 9.49. The Kier molecular flexibility index (Phi) is 6.87. The number of aromatic hydroxyl groups is 1. The summed E-state index contributed by atoms with van der Waals surface area (Å²) in [6, 6.07) is 6.74. The molecule has 0 saturated heterocycles. The molecule has 1 aromatic carbocycles. The van der Waals surface area contributed by atoms with Gasteiger partial charge in [0.1, 0.15) is 5.75 Å². The van der Waals surface area contributed by atoms with E-state index in [1.54, 1.807) is 18.2 Å². The van der Waals surface area contributed by atoms with Gasteiger partial charge in [-0.05, 0) is 36.5 Å². The van der Waals surface area contributed by atoms with Crippen molar-refractivity contribution in [3.8, 4) is 5.75 Å². The van der Waals surface area contributed by atoms with Crippen molar-refractivity contribution >= 4 is 6.03 Å². The van der Waals surface area contributed by atoms with E-state index in [0.29, 0.717) is 25.9 Å². The van der Waals surface area contributed by atoms with Gasteiger partial charge in [0.25, 0.3) is 0 Å². The van der Waals surface area contributed by atoms with Crippen molar-refractivity contribution in [2.45, 2.75) is 32.8 Å². The van der Waals surface area contributed by atoms with Crippen LogP contribution in [0, 0.1) is 5.92 Å². The molecule has 0 bridgehead atoms. The molecule has 0 spiro atoms. The zero-order valence-corrected chi connectivity index (χ0v) is 12.1. The van der Waals surface area contributed by atoms with E-state index >= 15 is 0 Å². The average Bonchev–Trinajstić information content (AvgIpc) is 2.38. The number of amides is 2. The van der Waals surface area contributed by atoms with E-state index in [1.807, 2.05) is 19.9 Å². The fourth-order valence-electron chi connectivity index (χ4n) is 1.76. The number of rotatable bonds is 7. The van der Waals surface area contributed by atoms with Crippen LogP contribution in [0.2, 0.25) is 0 Å². The molecule has 5 heteroatoms. The van der Waals surface area contributed by atoms with Gasteiger partial charge in [0.05, 0.1) is 6.10 Å². The van der Waals surface area contributed by atoms with E-state index in [9.17, 15) is 15.0 Å². The third kappa shape index (κ3) is 6.43. The van der Waals surface area contributed by atoms with Crippen molar-refractivity contribution in [1.82, 2.24) is 10.6 Å². The van der Waals surface area contributed by atoms with Crippen LogP contribution in [0.3, 0.4) is 0 Å². The van der Waals surface area contributed by atoms with Crippen molar-refractivity contribution in [2.24, 2.45) is 5.92 Å². The Morgan fingerprint density at radius 1 is 1.25 bits per heavy atom. The predicted octanol–water partition coefficient (Wildman–Crippen LogP) is 1.64. The Bertz CT molecular complexity index is 421. The van der Waals surface area contributed by atoms with Crippen molar-refractivity contribution in [2.75, 3.05) is 13.1 Å². The van der Waals surface area contributed by atoms with Gasteiger partial charge >= 0.3 is 6.03 Å². The van der Waals surface area contributed by atoms with E-state index in [1.165, 1.54) is 0 Å². The number of hydrogen-bond acceptors (Lipinski definition) is 3. The lowest BCUT2D eigenvalue weighted by molar-refractivity contribution is 0.116. The minimum atomic E-state index is -0.386. The molecule has 0 aliphatic rings. The van der Waals surface area contributed by atoms with Crippen molar-refractivity contribution in [3.05, 3.63) is 29.8 Å². The van der Waals surface area contributed by atoms with E-state index < -0.39 is 0 Å². The molecule has 0 heterocycles. The van der Waals surface area contributed by atoms with E-state index in [2.05, 4.69) is 10.6 Å². The zero-order valence-electron chi connectivity index (χ0n) is 12.1. The van der Waals surface area contributed by atoms with Gasteiger partial charge in [-0.1, -0.05) is 26.0 Å². The Labute approximate surface area is 120 Å². The van der Waals surface area contributed by atoms with Gasteiger partial charge in [0.15, 0.2) is 0 Å². The standard InChI is InChI=1S/C15H24N2O3/c1-11(2)14(19)7-9-17-15(20)16-8-6-12-4-3-5-13(18)10-12/h3-5,10-11,14,18-19H,6-9H2,1-2H3,(H2,16,17,20). The number of carbonyl (C=O) groups excluding carboxylic acids is 1. The summed E-state index contributed by atoms with van der Waals surface area (Å²) in [6.07, 6.45) is 0.830. The number of urea groups is 1. The first-order valence-corrected chi connectivity index (χ1v) is 6.96. The molecule has 1 aromatic rings. The maximum atomic E-state index is 11.5. The summed E-state index contributed by atoms with van der Waals surface area (Å²) >= 11 is 0. The highest BCUT2D eigenvalue weighted by Gasteiger charge is 2.09. The molecule has 2 amide bonds. The van der Waals surface area contributed by atoms with Crippen LogP contribution in [-0.2, 0) is 6.42 Å². The van der Waals surface area contributed by atoms with Crippen molar-refractivity contribution < 1.29 is 15.0 Å². The molecule has 0 aliphatic carbocycles. The molecule has 1 rings (SSSR count). The molecule has 0 radical (unpaired) electrons. The molecular formula is C15H24N2O3. The Morgan fingerprint density at radius 2 is 1.95 bits per heavy atom. The minimum absolute atomic E-state index is 0.200. The van der Waals surface area contributed by atoms with Crippen LogP contribution in [-0.4, -0.2) is 35.4 Å². The summed E-state index contributed by atoms with van der Waals surface area (Å²) in [4.78, 5) is 11.5. The van der Waals surface area contributed by atoms with Crippen LogP contribution in [0.25, 0.3) is 0 Å². The number of hydrogen-bond donors (Lipinski definition) is 4. The largest absolute Gasteiger partial charge is 0.508 e. The number of phenolic OH excluding ortho intramolecular Hbond substituents is 1. The van der Waals surface area contributed by atoms with Crippen LogP contribution >= 0.6 is 0 Å². The second-order valence-corrected chi connectivity index (χ2v) is 5.20. The maximum Gasteiger partial charge on any atom is 0.314 e. The van der Waals surface area contributed by atoms with Gasteiger partial charge in [-0.15, -0.1) is 0 Å². The first-order valence-electron chi connectivity index (χ1n) is 6.96. The number of aliphatic hydroxyl groups is 1. The first kappa shape index (κ1) is 16.3. The molecule has 112 valence electrons. The molecule has 0 aromatic heterocycles. The quantitative estimate of drug-likeness (QED) is 0.613. The molecule has 0 aliphatic heterocycles. The van der Waals surface area contributed by atoms with Crippen LogP contribution in [0.1, 0.15) is 25.8 Å². The van der Waals surface area contributed by atoms with Crippen LogP contribution in [0.4, 0.5) is 4.79 Å². The fourth-order valence-corrected chi connectivity index (χ4v) is 1.76. The summed E-state index contributed by atoms with van der Waals surface area (Å²) in [5.41, 5.74) is 0.973. The summed E-state index contributed by atoms with van der Waals surface area (Å²) < 4.78 is 0. The third-order valence-corrected chi connectivity index (χ3v) is 3.11. The van der Waals surface area contributed by atoms with E-state index in [0.717, 1.165) is 5.56 Å². The summed E-state index contributed by atoms with van der Waals surface area (Å²) in [6.45, 7) is 4.85.